The topological polar surface area (TPSA) is 46.2 Å². The summed E-state index contributed by atoms with van der Waals surface area (Å²) in [4.78, 5) is 2.26. The minimum Gasteiger partial charge on any atom is -0.387 e. The summed E-state index contributed by atoms with van der Waals surface area (Å²) < 4.78 is 0. The molecule has 2 aromatic rings. The number of rotatable bonds is 4. The van der Waals surface area contributed by atoms with Crippen LogP contribution < -0.4 is 5.73 Å². The molecule has 0 aliphatic rings. The van der Waals surface area contributed by atoms with Crippen LogP contribution in [0.25, 0.3) is 0 Å². The summed E-state index contributed by atoms with van der Waals surface area (Å²) in [6, 6.07) is 10.3. The first kappa shape index (κ1) is 14.3. The Bertz CT molecular complexity index is 525. The molecule has 0 amide bonds. The van der Waals surface area contributed by atoms with E-state index in [9.17, 15) is 5.11 Å². The van der Waals surface area contributed by atoms with Crippen LogP contribution in [-0.2, 0) is 0 Å². The minimum absolute atomic E-state index is 0.0435. The van der Waals surface area contributed by atoms with Crippen molar-refractivity contribution >= 4 is 11.3 Å². The van der Waals surface area contributed by atoms with Gasteiger partial charge in [0.25, 0.3) is 0 Å². The summed E-state index contributed by atoms with van der Waals surface area (Å²) >= 11 is 1.66. The Hall–Kier alpha value is -1.16. The van der Waals surface area contributed by atoms with Gasteiger partial charge in [0.15, 0.2) is 0 Å². The summed E-state index contributed by atoms with van der Waals surface area (Å²) in [6.45, 7) is 6.66. The number of aliphatic hydroxyl groups excluding tert-OH is 1. The molecule has 3 N–H and O–H groups in total. The summed E-state index contributed by atoms with van der Waals surface area (Å²) in [7, 11) is 0. The molecule has 1 aromatic heterocycles. The largest absolute Gasteiger partial charge is 0.387 e. The predicted octanol–water partition coefficient (Wildman–Crippen LogP) is 3.45. The van der Waals surface area contributed by atoms with Gasteiger partial charge in [-0.3, -0.25) is 0 Å². The van der Waals surface area contributed by atoms with Crippen LogP contribution in [0.3, 0.4) is 0 Å². The van der Waals surface area contributed by atoms with Crippen LogP contribution >= 0.6 is 11.3 Å². The van der Waals surface area contributed by atoms with Crippen molar-refractivity contribution in [2.75, 3.05) is 6.54 Å². The van der Waals surface area contributed by atoms with Gasteiger partial charge in [0, 0.05) is 22.2 Å². The van der Waals surface area contributed by atoms with Crippen LogP contribution in [0.5, 0.6) is 0 Å². The zero-order valence-electron chi connectivity index (χ0n) is 11.7. The average molecular weight is 275 g/mol. The molecular weight excluding hydrogens is 254 g/mol. The first-order valence-electron chi connectivity index (χ1n) is 6.54. The highest BCUT2D eigenvalue weighted by Gasteiger charge is 2.23. The maximum atomic E-state index is 10.6. The van der Waals surface area contributed by atoms with Gasteiger partial charge >= 0.3 is 0 Å². The standard InChI is InChI=1S/C16H21NOS/c1-10-4-6-13(7-5-10)14(9-17)16(18)15-8-11(2)12(3)19-15/h4-8,14,16,18H,9,17H2,1-3H3. The highest BCUT2D eigenvalue weighted by molar-refractivity contribution is 7.12. The zero-order valence-corrected chi connectivity index (χ0v) is 12.5. The lowest BCUT2D eigenvalue weighted by Gasteiger charge is -2.21. The average Bonchev–Trinajstić information content (AvgIpc) is 2.73. The van der Waals surface area contributed by atoms with E-state index in [0.717, 1.165) is 10.4 Å². The molecule has 0 saturated heterocycles. The van der Waals surface area contributed by atoms with Crippen molar-refractivity contribution in [1.29, 1.82) is 0 Å². The van der Waals surface area contributed by atoms with Crippen molar-refractivity contribution in [3.05, 3.63) is 56.8 Å². The van der Waals surface area contributed by atoms with Crippen LogP contribution in [0.1, 0.15) is 38.5 Å². The molecule has 0 spiro atoms. The summed E-state index contributed by atoms with van der Waals surface area (Å²) in [5.41, 5.74) is 9.43. The molecule has 2 rings (SSSR count). The van der Waals surface area contributed by atoms with Crippen molar-refractivity contribution < 1.29 is 5.11 Å². The smallest absolute Gasteiger partial charge is 0.0962 e. The number of aliphatic hydroxyl groups is 1. The number of hydrogen-bond acceptors (Lipinski definition) is 3. The van der Waals surface area contributed by atoms with E-state index in [1.165, 1.54) is 16.0 Å². The Labute approximate surface area is 118 Å². The lowest BCUT2D eigenvalue weighted by Crippen LogP contribution is -2.19. The van der Waals surface area contributed by atoms with Gasteiger partial charge in [-0.25, -0.2) is 0 Å². The van der Waals surface area contributed by atoms with Crippen molar-refractivity contribution in [2.24, 2.45) is 5.73 Å². The Morgan fingerprint density at radius 2 is 1.79 bits per heavy atom. The van der Waals surface area contributed by atoms with E-state index in [-0.39, 0.29) is 5.92 Å². The Morgan fingerprint density at radius 3 is 2.26 bits per heavy atom. The van der Waals surface area contributed by atoms with Crippen LogP contribution in [0.2, 0.25) is 0 Å². The van der Waals surface area contributed by atoms with Crippen LogP contribution in [0.4, 0.5) is 0 Å². The van der Waals surface area contributed by atoms with Gasteiger partial charge in [-0.1, -0.05) is 29.8 Å². The number of thiophene rings is 1. The summed E-state index contributed by atoms with van der Waals surface area (Å²) in [5, 5.41) is 10.6. The third-order valence-electron chi connectivity index (χ3n) is 3.62. The van der Waals surface area contributed by atoms with Crippen molar-refractivity contribution in [3.8, 4) is 0 Å². The first-order chi connectivity index (χ1) is 9.02. The molecule has 2 nitrogen and oxygen atoms in total. The fourth-order valence-corrected chi connectivity index (χ4v) is 3.30. The van der Waals surface area contributed by atoms with Gasteiger partial charge in [-0.15, -0.1) is 11.3 Å². The lowest BCUT2D eigenvalue weighted by atomic mass is 9.92. The molecule has 0 aliphatic heterocycles. The zero-order chi connectivity index (χ0) is 14.0. The van der Waals surface area contributed by atoms with Crippen molar-refractivity contribution in [2.45, 2.75) is 32.8 Å². The molecule has 0 aliphatic carbocycles. The van der Waals surface area contributed by atoms with Crippen LogP contribution in [0.15, 0.2) is 30.3 Å². The second kappa shape index (κ2) is 5.87. The number of aryl methyl sites for hydroxylation is 3. The van der Waals surface area contributed by atoms with Crippen LogP contribution in [0, 0.1) is 20.8 Å². The van der Waals surface area contributed by atoms with Gasteiger partial charge < -0.3 is 10.8 Å². The Morgan fingerprint density at radius 1 is 1.16 bits per heavy atom. The van der Waals surface area contributed by atoms with E-state index in [0.29, 0.717) is 6.54 Å². The van der Waals surface area contributed by atoms with Crippen molar-refractivity contribution in [3.63, 3.8) is 0 Å². The van der Waals surface area contributed by atoms with Gasteiger partial charge in [0.2, 0.25) is 0 Å². The molecule has 0 saturated carbocycles. The number of nitrogens with two attached hydrogens (primary N) is 1. The molecule has 1 aromatic carbocycles. The molecule has 0 fully saturated rings. The Kier molecular flexibility index (Phi) is 4.40. The molecule has 0 bridgehead atoms. The maximum Gasteiger partial charge on any atom is 0.0962 e. The Balaban J connectivity index is 2.28. The predicted molar refractivity (Wildman–Crippen MR) is 81.7 cm³/mol. The highest BCUT2D eigenvalue weighted by Crippen LogP contribution is 2.35. The quantitative estimate of drug-likeness (QED) is 0.897. The van der Waals surface area contributed by atoms with Gasteiger partial charge in [0.05, 0.1) is 6.10 Å². The summed E-state index contributed by atoms with van der Waals surface area (Å²) in [5.74, 6) is -0.0435. The van der Waals surface area contributed by atoms with Crippen LogP contribution in [-0.4, -0.2) is 11.7 Å². The van der Waals surface area contributed by atoms with Gasteiger partial charge in [-0.2, -0.15) is 0 Å². The third kappa shape index (κ3) is 3.06. The monoisotopic (exact) mass is 275 g/mol. The molecule has 0 radical (unpaired) electrons. The molecular formula is C16H21NOS. The van der Waals surface area contributed by atoms with E-state index in [1.807, 2.05) is 0 Å². The molecule has 3 heteroatoms. The van der Waals surface area contributed by atoms with Crippen molar-refractivity contribution in [1.82, 2.24) is 0 Å². The fourth-order valence-electron chi connectivity index (χ4n) is 2.21. The van der Waals surface area contributed by atoms with E-state index < -0.39 is 6.10 Å². The molecule has 102 valence electrons. The van der Waals surface area contributed by atoms with E-state index >= 15 is 0 Å². The second-order valence-corrected chi connectivity index (χ2v) is 6.37. The van der Waals surface area contributed by atoms with Gasteiger partial charge in [-0.05, 0) is 38.0 Å². The highest BCUT2D eigenvalue weighted by atomic mass is 32.1. The van der Waals surface area contributed by atoms with E-state index in [4.69, 9.17) is 5.73 Å². The molecule has 2 atom stereocenters. The molecule has 2 unspecified atom stereocenters. The second-order valence-electron chi connectivity index (χ2n) is 5.09. The molecule has 19 heavy (non-hydrogen) atoms. The fraction of sp³-hybridized carbons (Fsp3) is 0.375. The van der Waals surface area contributed by atoms with E-state index in [1.54, 1.807) is 11.3 Å². The first-order valence-corrected chi connectivity index (χ1v) is 7.36. The SMILES string of the molecule is Cc1ccc(C(CN)C(O)c2cc(C)c(C)s2)cc1. The maximum absolute atomic E-state index is 10.6. The molecule has 1 heterocycles. The lowest BCUT2D eigenvalue weighted by molar-refractivity contribution is 0.151. The number of hydrogen-bond donors (Lipinski definition) is 2. The normalized spacial score (nSPS) is 14.4. The number of benzene rings is 1. The minimum atomic E-state index is -0.523. The third-order valence-corrected chi connectivity index (χ3v) is 4.84. The summed E-state index contributed by atoms with van der Waals surface area (Å²) in [6.07, 6.45) is -0.523. The van der Waals surface area contributed by atoms with E-state index in [2.05, 4.69) is 51.1 Å². The van der Waals surface area contributed by atoms with Gasteiger partial charge in [0.1, 0.15) is 0 Å².